The van der Waals surface area contributed by atoms with Crippen LogP contribution in [0.15, 0.2) is 46.9 Å². The van der Waals surface area contributed by atoms with E-state index in [4.69, 9.17) is 0 Å². The molecule has 0 amide bonds. The predicted molar refractivity (Wildman–Crippen MR) is 88.0 cm³/mol. The Labute approximate surface area is 133 Å². The molecule has 110 valence electrons. The normalized spacial score (nSPS) is 16.5. The fourth-order valence-corrected chi connectivity index (χ4v) is 3.55. The van der Waals surface area contributed by atoms with Crippen LogP contribution in [-0.4, -0.2) is 7.05 Å². The molecule has 0 aliphatic heterocycles. The zero-order chi connectivity index (χ0) is 14.8. The fraction of sp³-hybridized carbons (Fsp3) is 0.333. The van der Waals surface area contributed by atoms with E-state index in [0.717, 1.165) is 16.0 Å². The first-order valence-corrected chi connectivity index (χ1v) is 8.20. The van der Waals surface area contributed by atoms with Gasteiger partial charge in [-0.25, -0.2) is 4.39 Å². The smallest absolute Gasteiger partial charge is 0.124 e. The molecule has 1 aliphatic carbocycles. The molecule has 0 radical (unpaired) electrons. The number of rotatable bonds is 4. The maximum Gasteiger partial charge on any atom is 0.124 e. The molecule has 0 heterocycles. The van der Waals surface area contributed by atoms with Crippen molar-refractivity contribution in [1.82, 2.24) is 5.32 Å². The van der Waals surface area contributed by atoms with Crippen molar-refractivity contribution < 1.29 is 4.39 Å². The second-order valence-electron chi connectivity index (χ2n) is 5.69. The van der Waals surface area contributed by atoms with E-state index >= 15 is 0 Å². The largest absolute Gasteiger partial charge is 0.309 e. The van der Waals surface area contributed by atoms with Gasteiger partial charge in [0.05, 0.1) is 6.04 Å². The minimum Gasteiger partial charge on any atom is -0.309 e. The third-order valence-corrected chi connectivity index (χ3v) is 5.07. The van der Waals surface area contributed by atoms with Gasteiger partial charge in [0.1, 0.15) is 5.82 Å². The lowest BCUT2D eigenvalue weighted by atomic mass is 9.79. The molecule has 1 saturated carbocycles. The maximum atomic E-state index is 13.3. The van der Waals surface area contributed by atoms with Crippen molar-refractivity contribution in [2.24, 2.45) is 0 Å². The average molecular weight is 348 g/mol. The Morgan fingerprint density at radius 3 is 2.62 bits per heavy atom. The zero-order valence-corrected chi connectivity index (χ0v) is 13.7. The Morgan fingerprint density at radius 1 is 1.19 bits per heavy atom. The number of hydrogen-bond donors (Lipinski definition) is 1. The summed E-state index contributed by atoms with van der Waals surface area (Å²) in [4.78, 5) is 0. The highest BCUT2D eigenvalue weighted by Gasteiger charge is 2.21. The molecule has 0 spiro atoms. The molecule has 1 N–H and O–H groups in total. The Balaban J connectivity index is 1.95. The maximum absolute atomic E-state index is 13.3. The van der Waals surface area contributed by atoms with Crippen LogP contribution >= 0.6 is 15.9 Å². The number of halogens is 2. The molecule has 1 aliphatic rings. The third kappa shape index (κ3) is 3.04. The van der Waals surface area contributed by atoms with Gasteiger partial charge in [0.15, 0.2) is 0 Å². The van der Waals surface area contributed by atoms with Crippen LogP contribution in [0.1, 0.15) is 47.9 Å². The molecule has 1 unspecified atom stereocenters. The molecule has 0 saturated heterocycles. The van der Waals surface area contributed by atoms with Crippen LogP contribution in [0.4, 0.5) is 4.39 Å². The van der Waals surface area contributed by atoms with Crippen LogP contribution in [0.5, 0.6) is 0 Å². The molecule has 1 atom stereocenters. The van der Waals surface area contributed by atoms with E-state index in [1.165, 1.54) is 42.5 Å². The summed E-state index contributed by atoms with van der Waals surface area (Å²) in [6.07, 6.45) is 3.94. The third-order valence-electron chi connectivity index (χ3n) is 4.38. The summed E-state index contributed by atoms with van der Waals surface area (Å²) >= 11 is 3.48. The quantitative estimate of drug-likeness (QED) is 0.804. The molecule has 3 heteroatoms. The average Bonchev–Trinajstić information content (AvgIpc) is 2.40. The minimum absolute atomic E-state index is 0.0694. The van der Waals surface area contributed by atoms with Crippen molar-refractivity contribution in [3.8, 4) is 0 Å². The van der Waals surface area contributed by atoms with Gasteiger partial charge in [-0.3, -0.25) is 0 Å². The molecule has 0 aromatic heterocycles. The van der Waals surface area contributed by atoms with Gasteiger partial charge in [-0.1, -0.05) is 52.7 Å². The summed E-state index contributed by atoms with van der Waals surface area (Å²) in [5.74, 6) is 0.503. The van der Waals surface area contributed by atoms with Crippen molar-refractivity contribution in [1.29, 1.82) is 0 Å². The first-order chi connectivity index (χ1) is 10.2. The monoisotopic (exact) mass is 347 g/mol. The first kappa shape index (κ1) is 14.7. The van der Waals surface area contributed by atoms with Crippen molar-refractivity contribution in [3.63, 3.8) is 0 Å². The Hall–Kier alpha value is -1.19. The molecule has 1 fully saturated rings. The van der Waals surface area contributed by atoms with Gasteiger partial charge in [-0.15, -0.1) is 0 Å². The van der Waals surface area contributed by atoms with Gasteiger partial charge >= 0.3 is 0 Å². The van der Waals surface area contributed by atoms with Crippen LogP contribution in [0.3, 0.4) is 0 Å². The van der Waals surface area contributed by atoms with E-state index in [9.17, 15) is 4.39 Å². The van der Waals surface area contributed by atoms with Crippen molar-refractivity contribution >= 4 is 15.9 Å². The van der Waals surface area contributed by atoms with Crippen LogP contribution in [0.2, 0.25) is 0 Å². The molecule has 2 aromatic rings. The minimum atomic E-state index is -0.219. The Bertz CT molecular complexity index is 637. The molecule has 3 rings (SSSR count). The van der Waals surface area contributed by atoms with Gasteiger partial charge in [0.25, 0.3) is 0 Å². The lowest BCUT2D eigenvalue weighted by molar-refractivity contribution is 0.419. The van der Waals surface area contributed by atoms with Crippen molar-refractivity contribution in [3.05, 3.63) is 69.4 Å². The van der Waals surface area contributed by atoms with E-state index in [1.54, 1.807) is 0 Å². The Morgan fingerprint density at radius 2 is 2.00 bits per heavy atom. The number of benzene rings is 2. The molecule has 1 nitrogen and oxygen atoms in total. The summed E-state index contributed by atoms with van der Waals surface area (Å²) in [6.45, 7) is 0. The summed E-state index contributed by atoms with van der Waals surface area (Å²) < 4.78 is 14.1. The van der Waals surface area contributed by atoms with E-state index in [0.29, 0.717) is 0 Å². The lowest BCUT2D eigenvalue weighted by Crippen LogP contribution is -2.19. The molecule has 2 aromatic carbocycles. The van der Waals surface area contributed by atoms with Crippen LogP contribution < -0.4 is 5.32 Å². The van der Waals surface area contributed by atoms with E-state index in [2.05, 4.69) is 45.5 Å². The SMILES string of the molecule is CNC(c1cccc(C2CCC2)c1)c1ccc(F)cc1Br. The van der Waals surface area contributed by atoms with Crippen molar-refractivity contribution in [2.45, 2.75) is 31.2 Å². The van der Waals surface area contributed by atoms with Gasteiger partial charge in [0, 0.05) is 4.47 Å². The number of hydrogen-bond acceptors (Lipinski definition) is 1. The zero-order valence-electron chi connectivity index (χ0n) is 12.1. The summed E-state index contributed by atoms with van der Waals surface area (Å²) in [5.41, 5.74) is 3.72. The predicted octanol–water partition coefficient (Wildman–Crippen LogP) is 5.16. The van der Waals surface area contributed by atoms with Gasteiger partial charge < -0.3 is 5.32 Å². The highest BCUT2D eigenvalue weighted by Crippen LogP contribution is 2.38. The first-order valence-electron chi connectivity index (χ1n) is 7.41. The molecule has 0 bridgehead atoms. The molecule has 21 heavy (non-hydrogen) atoms. The van der Waals surface area contributed by atoms with E-state index in [1.807, 2.05) is 13.1 Å². The van der Waals surface area contributed by atoms with Gasteiger partial charge in [-0.05, 0) is 54.6 Å². The fourth-order valence-electron chi connectivity index (χ4n) is 2.97. The summed E-state index contributed by atoms with van der Waals surface area (Å²) in [6, 6.07) is 13.7. The van der Waals surface area contributed by atoms with Gasteiger partial charge in [0.2, 0.25) is 0 Å². The highest BCUT2D eigenvalue weighted by molar-refractivity contribution is 9.10. The van der Waals surface area contributed by atoms with Gasteiger partial charge in [-0.2, -0.15) is 0 Å². The Kier molecular flexibility index (Phi) is 4.41. The van der Waals surface area contributed by atoms with Crippen LogP contribution in [0, 0.1) is 5.82 Å². The summed E-state index contributed by atoms with van der Waals surface area (Å²) in [5, 5.41) is 3.34. The van der Waals surface area contributed by atoms with E-state index < -0.39 is 0 Å². The second kappa shape index (κ2) is 6.29. The van der Waals surface area contributed by atoms with E-state index in [-0.39, 0.29) is 11.9 Å². The topological polar surface area (TPSA) is 12.0 Å². The molecular formula is C18H19BrFN. The standard InChI is InChI=1S/C18H19BrFN/c1-21-18(16-9-8-15(20)11-17(16)19)14-7-3-6-13(10-14)12-4-2-5-12/h3,6-12,18,21H,2,4-5H2,1H3. The van der Waals surface area contributed by atoms with Crippen LogP contribution in [0.25, 0.3) is 0 Å². The summed E-state index contributed by atoms with van der Waals surface area (Å²) in [7, 11) is 1.94. The molecular weight excluding hydrogens is 329 g/mol. The van der Waals surface area contributed by atoms with Crippen LogP contribution in [-0.2, 0) is 0 Å². The second-order valence-corrected chi connectivity index (χ2v) is 6.54. The number of nitrogens with one attached hydrogen (secondary N) is 1. The highest BCUT2D eigenvalue weighted by atomic mass is 79.9. The lowest BCUT2D eigenvalue weighted by Gasteiger charge is -2.27. The van der Waals surface area contributed by atoms with Crippen molar-refractivity contribution in [2.75, 3.05) is 7.05 Å².